The Morgan fingerprint density at radius 1 is 1.08 bits per heavy atom. The second-order valence-corrected chi connectivity index (χ2v) is 4.78. The van der Waals surface area contributed by atoms with Crippen LogP contribution in [0.2, 0.25) is 0 Å². The molecular formula is C18H14F3NO2. The molecule has 0 atom stereocenters. The largest absolute Gasteiger partial charge is 0.445 e. The smallest absolute Gasteiger partial charge is 0.407 e. The van der Waals surface area contributed by atoms with E-state index in [1.165, 1.54) is 0 Å². The Hall–Kier alpha value is -2.94. The van der Waals surface area contributed by atoms with Gasteiger partial charge in [-0.15, -0.1) is 0 Å². The van der Waals surface area contributed by atoms with Crippen LogP contribution in [-0.2, 0) is 11.3 Å². The second-order valence-electron chi connectivity index (χ2n) is 4.78. The summed E-state index contributed by atoms with van der Waals surface area (Å²) in [5.74, 6) is 1.67. The van der Waals surface area contributed by atoms with Crippen molar-refractivity contribution in [1.29, 1.82) is 0 Å². The summed E-state index contributed by atoms with van der Waals surface area (Å²) in [6.45, 7) is 0.301. The minimum absolute atomic E-state index is 0.143. The van der Waals surface area contributed by atoms with Crippen molar-refractivity contribution < 1.29 is 22.7 Å². The first-order valence-electron chi connectivity index (χ1n) is 7.14. The summed E-state index contributed by atoms with van der Waals surface area (Å²) in [5, 5.41) is 2.47. The first-order valence-corrected chi connectivity index (χ1v) is 7.14. The molecular weight excluding hydrogens is 319 g/mol. The topological polar surface area (TPSA) is 38.3 Å². The number of benzene rings is 2. The molecule has 0 bridgehead atoms. The van der Waals surface area contributed by atoms with Crippen LogP contribution in [0.1, 0.15) is 17.5 Å². The SMILES string of the molecule is O=C(NCCC#Cc1c(F)cc(F)cc1F)OCc1ccccc1. The first kappa shape index (κ1) is 17.4. The van der Waals surface area contributed by atoms with Crippen LogP contribution in [0.5, 0.6) is 0 Å². The summed E-state index contributed by atoms with van der Waals surface area (Å²) < 4.78 is 44.4. The molecule has 2 aromatic carbocycles. The number of hydrogen-bond acceptors (Lipinski definition) is 2. The van der Waals surface area contributed by atoms with Crippen molar-refractivity contribution in [1.82, 2.24) is 5.32 Å². The van der Waals surface area contributed by atoms with Crippen LogP contribution in [0.25, 0.3) is 0 Å². The zero-order chi connectivity index (χ0) is 17.4. The van der Waals surface area contributed by atoms with Gasteiger partial charge in [0.05, 0.1) is 5.56 Å². The number of nitrogens with one attached hydrogen (secondary N) is 1. The second kappa shape index (κ2) is 8.63. The van der Waals surface area contributed by atoms with Crippen LogP contribution in [0.4, 0.5) is 18.0 Å². The number of carbonyl (C=O) groups excluding carboxylic acids is 1. The Morgan fingerprint density at radius 3 is 2.42 bits per heavy atom. The van der Waals surface area contributed by atoms with E-state index >= 15 is 0 Å². The highest BCUT2D eigenvalue weighted by Gasteiger charge is 2.08. The van der Waals surface area contributed by atoms with Crippen molar-refractivity contribution >= 4 is 6.09 Å². The molecule has 0 aliphatic heterocycles. The Morgan fingerprint density at radius 2 is 1.75 bits per heavy atom. The lowest BCUT2D eigenvalue weighted by Crippen LogP contribution is -2.24. The summed E-state index contributed by atoms with van der Waals surface area (Å²) in [5.41, 5.74) is 0.359. The summed E-state index contributed by atoms with van der Waals surface area (Å²) >= 11 is 0. The Kier molecular flexibility index (Phi) is 6.26. The molecule has 0 saturated carbocycles. The average molecular weight is 333 g/mol. The van der Waals surface area contributed by atoms with Crippen LogP contribution in [0.15, 0.2) is 42.5 Å². The molecule has 0 aromatic heterocycles. The van der Waals surface area contributed by atoms with Gasteiger partial charge in [-0.25, -0.2) is 18.0 Å². The predicted molar refractivity (Wildman–Crippen MR) is 82.4 cm³/mol. The summed E-state index contributed by atoms with van der Waals surface area (Å²) in [6.07, 6.45) is -0.448. The van der Waals surface area contributed by atoms with Crippen LogP contribution in [0, 0.1) is 29.3 Å². The summed E-state index contributed by atoms with van der Waals surface area (Å²) in [4.78, 5) is 11.5. The molecule has 0 radical (unpaired) electrons. The molecule has 0 aliphatic rings. The number of rotatable bonds is 4. The molecule has 0 fully saturated rings. The fraction of sp³-hybridized carbons (Fsp3) is 0.167. The van der Waals surface area contributed by atoms with E-state index in [1.54, 1.807) is 0 Å². The minimum atomic E-state index is -1.06. The zero-order valence-corrected chi connectivity index (χ0v) is 12.6. The first-order chi connectivity index (χ1) is 11.6. The van der Waals surface area contributed by atoms with Crippen LogP contribution in [0.3, 0.4) is 0 Å². The number of carbonyl (C=O) groups is 1. The normalized spacial score (nSPS) is 9.79. The average Bonchev–Trinajstić information content (AvgIpc) is 2.55. The van der Waals surface area contributed by atoms with Crippen molar-refractivity contribution in [2.24, 2.45) is 0 Å². The van der Waals surface area contributed by atoms with E-state index < -0.39 is 29.1 Å². The Balaban J connectivity index is 1.74. The molecule has 6 heteroatoms. The van der Waals surface area contributed by atoms with Gasteiger partial charge in [-0.2, -0.15) is 0 Å². The van der Waals surface area contributed by atoms with Gasteiger partial charge in [0, 0.05) is 25.1 Å². The van der Waals surface area contributed by atoms with E-state index in [4.69, 9.17) is 4.74 Å². The maximum atomic E-state index is 13.3. The van der Waals surface area contributed by atoms with Gasteiger partial charge in [0.2, 0.25) is 0 Å². The Labute approximate surface area is 137 Å². The van der Waals surface area contributed by atoms with Gasteiger partial charge in [-0.05, 0) is 5.56 Å². The lowest BCUT2D eigenvalue weighted by molar-refractivity contribution is 0.140. The Bertz CT molecular complexity index is 744. The van der Waals surface area contributed by atoms with E-state index in [0.29, 0.717) is 12.1 Å². The minimum Gasteiger partial charge on any atom is -0.445 e. The summed E-state index contributed by atoms with van der Waals surface area (Å²) in [6, 6.07) is 10.3. The number of alkyl carbamates (subject to hydrolysis) is 1. The molecule has 2 aromatic rings. The molecule has 0 aliphatic carbocycles. The fourth-order valence-electron chi connectivity index (χ4n) is 1.81. The predicted octanol–water partition coefficient (Wildman–Crippen LogP) is 3.77. The van der Waals surface area contributed by atoms with Crippen molar-refractivity contribution in [3.05, 3.63) is 71.0 Å². The molecule has 0 heterocycles. The van der Waals surface area contributed by atoms with Crippen LogP contribution in [-0.4, -0.2) is 12.6 Å². The van der Waals surface area contributed by atoms with Gasteiger partial charge in [0.1, 0.15) is 24.1 Å². The lowest BCUT2D eigenvalue weighted by atomic mass is 10.2. The molecule has 3 nitrogen and oxygen atoms in total. The molecule has 0 unspecified atom stereocenters. The van der Waals surface area contributed by atoms with E-state index in [9.17, 15) is 18.0 Å². The molecule has 1 N–H and O–H groups in total. The third-order valence-electron chi connectivity index (χ3n) is 2.95. The third-order valence-corrected chi connectivity index (χ3v) is 2.95. The van der Waals surface area contributed by atoms with Gasteiger partial charge in [0.25, 0.3) is 0 Å². The van der Waals surface area contributed by atoms with Crippen molar-refractivity contribution in [3.8, 4) is 11.8 Å². The van der Waals surface area contributed by atoms with E-state index in [-0.39, 0.29) is 19.6 Å². The fourth-order valence-corrected chi connectivity index (χ4v) is 1.81. The highest BCUT2D eigenvalue weighted by molar-refractivity contribution is 5.67. The van der Waals surface area contributed by atoms with Gasteiger partial charge >= 0.3 is 6.09 Å². The summed E-state index contributed by atoms with van der Waals surface area (Å²) in [7, 11) is 0. The molecule has 0 spiro atoms. The van der Waals surface area contributed by atoms with Crippen LogP contribution >= 0.6 is 0 Å². The lowest BCUT2D eigenvalue weighted by Gasteiger charge is -2.05. The molecule has 1 amide bonds. The number of amides is 1. The maximum absolute atomic E-state index is 13.3. The van der Waals surface area contributed by atoms with E-state index in [0.717, 1.165) is 5.56 Å². The number of ether oxygens (including phenoxy) is 1. The zero-order valence-electron chi connectivity index (χ0n) is 12.6. The standard InChI is InChI=1S/C18H14F3NO2/c19-14-10-16(20)15(17(21)11-14)8-4-5-9-22-18(23)24-12-13-6-2-1-3-7-13/h1-3,6-7,10-11H,5,9,12H2,(H,22,23). The van der Waals surface area contributed by atoms with Crippen LogP contribution < -0.4 is 5.32 Å². The van der Waals surface area contributed by atoms with E-state index in [1.807, 2.05) is 30.3 Å². The van der Waals surface area contributed by atoms with Gasteiger partial charge < -0.3 is 10.1 Å². The molecule has 2 rings (SSSR count). The monoisotopic (exact) mass is 333 g/mol. The van der Waals surface area contributed by atoms with Gasteiger partial charge in [-0.1, -0.05) is 42.2 Å². The van der Waals surface area contributed by atoms with E-state index in [2.05, 4.69) is 17.2 Å². The quantitative estimate of drug-likeness (QED) is 0.683. The number of hydrogen-bond donors (Lipinski definition) is 1. The third kappa shape index (κ3) is 5.36. The molecule has 124 valence electrons. The van der Waals surface area contributed by atoms with Crippen molar-refractivity contribution in [2.45, 2.75) is 13.0 Å². The highest BCUT2D eigenvalue weighted by Crippen LogP contribution is 2.13. The maximum Gasteiger partial charge on any atom is 0.407 e. The van der Waals surface area contributed by atoms with Crippen molar-refractivity contribution in [3.63, 3.8) is 0 Å². The van der Waals surface area contributed by atoms with Gasteiger partial charge in [0.15, 0.2) is 0 Å². The van der Waals surface area contributed by atoms with Crippen molar-refractivity contribution in [2.75, 3.05) is 6.54 Å². The number of halogens is 3. The molecule has 0 saturated heterocycles. The molecule has 24 heavy (non-hydrogen) atoms. The van der Waals surface area contributed by atoms with Gasteiger partial charge in [-0.3, -0.25) is 0 Å². The highest BCUT2D eigenvalue weighted by atomic mass is 19.1.